The number of alkyl halides is 3. The molecule has 0 N–H and O–H groups in total. The summed E-state index contributed by atoms with van der Waals surface area (Å²) in [6.07, 6.45) is -3.59. The summed E-state index contributed by atoms with van der Waals surface area (Å²) < 4.78 is 54.5. The summed E-state index contributed by atoms with van der Waals surface area (Å²) in [5, 5.41) is 3.08. The number of halogens is 4. The SMILES string of the molecule is [B]N=Cc1ccc(-c2noc(C(F)(F)F)n2)c(F)c1. The van der Waals surface area contributed by atoms with Crippen molar-refractivity contribution in [2.24, 2.45) is 4.90 Å². The highest BCUT2D eigenvalue weighted by Crippen LogP contribution is 2.30. The van der Waals surface area contributed by atoms with Crippen molar-refractivity contribution >= 4 is 14.2 Å². The van der Waals surface area contributed by atoms with Crippen LogP contribution in [0.1, 0.15) is 11.5 Å². The van der Waals surface area contributed by atoms with Gasteiger partial charge in [-0.15, -0.1) is 0 Å². The third kappa shape index (κ3) is 2.80. The Morgan fingerprint density at radius 2 is 2.05 bits per heavy atom. The minimum atomic E-state index is -4.77. The topological polar surface area (TPSA) is 51.3 Å². The van der Waals surface area contributed by atoms with Crippen LogP contribution in [0, 0.1) is 5.82 Å². The highest BCUT2D eigenvalue weighted by molar-refractivity contribution is 6.11. The van der Waals surface area contributed by atoms with Crippen LogP contribution in [0.3, 0.4) is 0 Å². The van der Waals surface area contributed by atoms with Crippen LogP contribution < -0.4 is 0 Å². The molecule has 2 aromatic rings. The average Bonchev–Trinajstić information content (AvgIpc) is 2.78. The van der Waals surface area contributed by atoms with Crippen LogP contribution >= 0.6 is 0 Å². The van der Waals surface area contributed by atoms with Crippen LogP contribution in [-0.4, -0.2) is 24.3 Å². The van der Waals surface area contributed by atoms with Gasteiger partial charge in [-0.3, -0.25) is 0 Å². The Labute approximate surface area is 105 Å². The maximum atomic E-state index is 13.7. The predicted molar refractivity (Wildman–Crippen MR) is 58.0 cm³/mol. The first kappa shape index (κ1) is 13.3. The Balaban J connectivity index is 2.40. The van der Waals surface area contributed by atoms with Gasteiger partial charge in [-0.25, -0.2) is 4.39 Å². The molecule has 0 amide bonds. The first-order valence-corrected chi connectivity index (χ1v) is 4.86. The summed E-state index contributed by atoms with van der Waals surface area (Å²) in [6, 6.07) is 3.64. The van der Waals surface area contributed by atoms with E-state index >= 15 is 0 Å². The maximum Gasteiger partial charge on any atom is 0.471 e. The maximum absolute atomic E-state index is 13.7. The molecular weight excluding hydrogens is 265 g/mol. The molecule has 1 aromatic heterocycles. The lowest BCUT2D eigenvalue weighted by Gasteiger charge is -1.99. The standard InChI is InChI=1S/C10H4BF4N3O/c11-16-4-5-1-2-6(7(12)3-5)8-17-9(19-18-8)10(13,14)15/h1-4H. The first-order valence-electron chi connectivity index (χ1n) is 4.86. The summed E-state index contributed by atoms with van der Waals surface area (Å²) in [5.74, 6) is -2.83. The van der Waals surface area contributed by atoms with E-state index in [1.54, 1.807) is 0 Å². The number of aromatic nitrogens is 2. The lowest BCUT2D eigenvalue weighted by atomic mass is 10.1. The highest BCUT2D eigenvalue weighted by Gasteiger charge is 2.38. The molecule has 19 heavy (non-hydrogen) atoms. The molecule has 0 bridgehead atoms. The van der Waals surface area contributed by atoms with E-state index in [1.807, 2.05) is 0 Å². The molecule has 2 radical (unpaired) electrons. The van der Waals surface area contributed by atoms with Crippen LogP contribution in [0.2, 0.25) is 0 Å². The van der Waals surface area contributed by atoms with Crippen molar-refractivity contribution in [2.75, 3.05) is 0 Å². The summed E-state index contributed by atoms with van der Waals surface area (Å²) >= 11 is 0. The molecule has 0 unspecified atom stereocenters. The molecule has 9 heteroatoms. The molecule has 0 aliphatic carbocycles. The fourth-order valence-corrected chi connectivity index (χ4v) is 1.33. The van der Waals surface area contributed by atoms with E-state index < -0.39 is 23.7 Å². The zero-order valence-corrected chi connectivity index (χ0v) is 9.15. The molecule has 0 saturated carbocycles. The second-order valence-electron chi connectivity index (χ2n) is 3.44. The minimum Gasteiger partial charge on any atom is -0.363 e. The third-order valence-electron chi connectivity index (χ3n) is 2.13. The van der Waals surface area contributed by atoms with Crippen LogP contribution in [0.15, 0.2) is 27.6 Å². The van der Waals surface area contributed by atoms with Crippen molar-refractivity contribution in [1.29, 1.82) is 0 Å². The van der Waals surface area contributed by atoms with Crippen LogP contribution in [0.25, 0.3) is 11.4 Å². The second-order valence-corrected chi connectivity index (χ2v) is 3.44. The van der Waals surface area contributed by atoms with Gasteiger partial charge in [0.15, 0.2) is 0 Å². The van der Waals surface area contributed by atoms with Gasteiger partial charge in [0.1, 0.15) is 5.82 Å². The average molecular weight is 269 g/mol. The van der Waals surface area contributed by atoms with E-state index in [0.29, 0.717) is 5.56 Å². The molecule has 0 aliphatic heterocycles. The van der Waals surface area contributed by atoms with Crippen molar-refractivity contribution in [3.05, 3.63) is 35.5 Å². The molecule has 0 saturated heterocycles. The Morgan fingerprint density at radius 3 is 2.58 bits per heavy atom. The number of benzene rings is 1. The third-order valence-corrected chi connectivity index (χ3v) is 2.13. The molecule has 0 atom stereocenters. The Morgan fingerprint density at radius 1 is 1.32 bits per heavy atom. The van der Waals surface area contributed by atoms with Gasteiger partial charge in [0.05, 0.1) is 5.56 Å². The van der Waals surface area contributed by atoms with Crippen molar-refractivity contribution in [1.82, 2.24) is 10.1 Å². The van der Waals surface area contributed by atoms with E-state index in [4.69, 9.17) is 7.98 Å². The zero-order valence-electron chi connectivity index (χ0n) is 9.15. The molecule has 0 fully saturated rings. The summed E-state index contributed by atoms with van der Waals surface area (Å²) in [7, 11) is 4.89. The van der Waals surface area contributed by atoms with Gasteiger partial charge in [0.2, 0.25) is 5.82 Å². The lowest BCUT2D eigenvalue weighted by Crippen LogP contribution is -2.04. The molecular formula is C10H4BF4N3O. The van der Waals surface area contributed by atoms with E-state index in [2.05, 4.69) is 19.6 Å². The molecule has 96 valence electrons. The van der Waals surface area contributed by atoms with E-state index in [-0.39, 0.29) is 5.56 Å². The normalized spacial score (nSPS) is 12.2. The number of hydrogen-bond acceptors (Lipinski definition) is 4. The lowest BCUT2D eigenvalue weighted by molar-refractivity contribution is -0.159. The Bertz CT molecular complexity index is 623. The van der Waals surface area contributed by atoms with Gasteiger partial charge >= 0.3 is 12.1 Å². The van der Waals surface area contributed by atoms with Gasteiger partial charge in [-0.2, -0.15) is 18.2 Å². The van der Waals surface area contributed by atoms with Crippen molar-refractivity contribution in [3.63, 3.8) is 0 Å². The summed E-state index contributed by atoms with van der Waals surface area (Å²) in [5.41, 5.74) is 0.136. The van der Waals surface area contributed by atoms with Crippen molar-refractivity contribution < 1.29 is 22.1 Å². The minimum absolute atomic E-state index is 0.214. The Kier molecular flexibility index (Phi) is 3.37. The summed E-state index contributed by atoms with van der Waals surface area (Å²) in [6.45, 7) is 0. The molecule has 1 heterocycles. The summed E-state index contributed by atoms with van der Waals surface area (Å²) in [4.78, 5) is 6.28. The zero-order chi connectivity index (χ0) is 14.0. The number of hydrogen-bond donors (Lipinski definition) is 0. The van der Waals surface area contributed by atoms with Crippen LogP contribution in [0.5, 0.6) is 0 Å². The van der Waals surface area contributed by atoms with Gasteiger partial charge < -0.3 is 9.43 Å². The molecule has 4 nitrogen and oxygen atoms in total. The van der Waals surface area contributed by atoms with E-state index in [0.717, 1.165) is 6.07 Å². The molecule has 0 spiro atoms. The fraction of sp³-hybridized carbons (Fsp3) is 0.100. The fourth-order valence-electron chi connectivity index (χ4n) is 1.33. The van der Waals surface area contributed by atoms with Crippen molar-refractivity contribution in [3.8, 4) is 11.4 Å². The smallest absolute Gasteiger partial charge is 0.363 e. The van der Waals surface area contributed by atoms with Gasteiger partial charge in [0.25, 0.3) is 7.98 Å². The highest BCUT2D eigenvalue weighted by atomic mass is 19.4. The molecule has 2 rings (SSSR count). The largest absolute Gasteiger partial charge is 0.471 e. The van der Waals surface area contributed by atoms with E-state index in [9.17, 15) is 17.6 Å². The van der Waals surface area contributed by atoms with Crippen LogP contribution in [-0.2, 0) is 6.18 Å². The second kappa shape index (κ2) is 4.83. The van der Waals surface area contributed by atoms with Gasteiger partial charge in [-0.1, -0.05) is 11.2 Å². The van der Waals surface area contributed by atoms with Gasteiger partial charge in [0, 0.05) is 6.21 Å². The molecule has 0 aliphatic rings. The first-order chi connectivity index (χ1) is 8.91. The number of nitrogens with zero attached hydrogens (tertiary/aromatic N) is 3. The molecule has 1 aromatic carbocycles. The van der Waals surface area contributed by atoms with Crippen LogP contribution in [0.4, 0.5) is 17.6 Å². The number of rotatable bonds is 2. The Hall–Kier alpha value is -2.19. The van der Waals surface area contributed by atoms with E-state index in [1.165, 1.54) is 18.3 Å². The quantitative estimate of drug-likeness (QED) is 0.478. The monoisotopic (exact) mass is 269 g/mol. The van der Waals surface area contributed by atoms with Crippen molar-refractivity contribution in [2.45, 2.75) is 6.18 Å². The van der Waals surface area contributed by atoms with Gasteiger partial charge in [-0.05, 0) is 17.7 Å². The predicted octanol–water partition coefficient (Wildman–Crippen LogP) is 2.40.